The van der Waals surface area contributed by atoms with Gasteiger partial charge in [-0.05, 0) is 0 Å². The third-order valence-corrected chi connectivity index (χ3v) is 1.75. The average Bonchev–Trinajstić information content (AvgIpc) is 2.64. The first-order valence-electron chi connectivity index (χ1n) is 4.34. The fourth-order valence-electron chi connectivity index (χ4n) is 1.14. The van der Waals surface area contributed by atoms with Gasteiger partial charge in [0.15, 0.2) is 11.5 Å². The van der Waals surface area contributed by atoms with Crippen molar-refractivity contribution in [2.45, 2.75) is 0 Å². The first kappa shape index (κ1) is 10.1. The van der Waals surface area contributed by atoms with Gasteiger partial charge in [0.1, 0.15) is 12.1 Å². The molecule has 0 bridgehead atoms. The molecule has 2 rings (SSSR count). The Kier molecular flexibility index (Phi) is 2.52. The molecule has 0 saturated heterocycles. The van der Waals surface area contributed by atoms with E-state index in [4.69, 9.17) is 10.8 Å². The Morgan fingerprint density at radius 1 is 1.56 bits per heavy atom. The maximum absolute atomic E-state index is 10.3. The molecule has 84 valence electrons. The quantitative estimate of drug-likeness (QED) is 0.413. The molecule has 0 amide bonds. The van der Waals surface area contributed by atoms with Crippen LogP contribution < -0.4 is 16.6 Å². The van der Waals surface area contributed by atoms with Gasteiger partial charge in [-0.2, -0.15) is 9.97 Å². The second kappa shape index (κ2) is 3.98. The summed E-state index contributed by atoms with van der Waals surface area (Å²) in [5.74, 6) is -0.587. The smallest absolute Gasteiger partial charge is 0.319 e. The number of aromatic amines is 1. The molecule has 0 aliphatic carbocycles. The number of nitrogen functional groups attached to an aromatic ring is 1. The van der Waals surface area contributed by atoms with Crippen LogP contribution in [0.5, 0.6) is 0 Å². The predicted octanol–water partition coefficient (Wildman–Crippen LogP) is -1.06. The number of H-pyrrole nitrogens is 1. The topological polar surface area (TPSA) is 142 Å². The van der Waals surface area contributed by atoms with Crippen molar-refractivity contribution < 1.29 is 9.90 Å². The molecule has 0 atom stereocenters. The Labute approximate surface area is 89.1 Å². The number of hydrogen-bond acceptors (Lipinski definition) is 7. The molecule has 9 heteroatoms. The summed E-state index contributed by atoms with van der Waals surface area (Å²) in [5, 5.41) is 8.44. The molecule has 6 N–H and O–H groups in total. The van der Waals surface area contributed by atoms with E-state index < -0.39 is 5.97 Å². The van der Waals surface area contributed by atoms with Crippen molar-refractivity contribution in [3.05, 3.63) is 6.33 Å². The van der Waals surface area contributed by atoms with Gasteiger partial charge in [-0.25, -0.2) is 10.4 Å². The number of aliphatic carboxylic acids is 1. The van der Waals surface area contributed by atoms with Crippen LogP contribution >= 0.6 is 0 Å². The Balaban J connectivity index is 2.22. The standard InChI is InChI=1S/C7H9N7O2/c8-7-12-5-4(9-2-10-5)6(13-7)14-11-1-3(15)16/h2,11H,1H2,(H,15,16)(H4,8,9,10,12,13,14). The van der Waals surface area contributed by atoms with E-state index in [1.54, 1.807) is 0 Å². The number of imidazole rings is 1. The summed E-state index contributed by atoms with van der Waals surface area (Å²) in [6.45, 7) is -0.250. The molecule has 2 aromatic rings. The van der Waals surface area contributed by atoms with Crippen LogP contribution in [0.2, 0.25) is 0 Å². The number of hydrogen-bond donors (Lipinski definition) is 5. The van der Waals surface area contributed by atoms with E-state index in [0.29, 0.717) is 17.0 Å². The van der Waals surface area contributed by atoms with E-state index in [1.807, 2.05) is 0 Å². The van der Waals surface area contributed by atoms with Crippen molar-refractivity contribution in [3.63, 3.8) is 0 Å². The van der Waals surface area contributed by atoms with Crippen LogP contribution in [0.25, 0.3) is 11.2 Å². The van der Waals surface area contributed by atoms with Crippen molar-refractivity contribution in [2.75, 3.05) is 17.7 Å². The van der Waals surface area contributed by atoms with Crippen LogP contribution in [-0.4, -0.2) is 37.6 Å². The Bertz CT molecular complexity index is 522. The lowest BCUT2D eigenvalue weighted by Gasteiger charge is -2.06. The van der Waals surface area contributed by atoms with Gasteiger partial charge in [-0.3, -0.25) is 4.79 Å². The zero-order valence-electron chi connectivity index (χ0n) is 8.06. The van der Waals surface area contributed by atoms with E-state index in [2.05, 4.69) is 30.8 Å². The number of carboxylic acid groups (broad SMARTS) is 1. The summed E-state index contributed by atoms with van der Waals surface area (Å²) in [7, 11) is 0. The van der Waals surface area contributed by atoms with Crippen LogP contribution in [-0.2, 0) is 4.79 Å². The largest absolute Gasteiger partial charge is 0.480 e. The maximum Gasteiger partial charge on any atom is 0.319 e. The number of hydrazine groups is 1. The van der Waals surface area contributed by atoms with Gasteiger partial charge >= 0.3 is 5.97 Å². The Morgan fingerprint density at radius 2 is 2.38 bits per heavy atom. The van der Waals surface area contributed by atoms with E-state index in [0.717, 1.165) is 0 Å². The second-order valence-electron chi connectivity index (χ2n) is 2.90. The van der Waals surface area contributed by atoms with Gasteiger partial charge in [-0.1, -0.05) is 0 Å². The zero-order valence-corrected chi connectivity index (χ0v) is 8.06. The highest BCUT2D eigenvalue weighted by Gasteiger charge is 2.07. The molecule has 0 spiro atoms. The summed E-state index contributed by atoms with van der Waals surface area (Å²) in [4.78, 5) is 24.8. The molecule has 9 nitrogen and oxygen atoms in total. The lowest BCUT2D eigenvalue weighted by Crippen LogP contribution is -2.28. The molecule has 16 heavy (non-hydrogen) atoms. The van der Waals surface area contributed by atoms with Crippen LogP contribution in [0.15, 0.2) is 6.33 Å². The average molecular weight is 223 g/mol. The summed E-state index contributed by atoms with van der Waals surface area (Å²) >= 11 is 0. The fourth-order valence-corrected chi connectivity index (χ4v) is 1.14. The van der Waals surface area contributed by atoms with Gasteiger partial charge in [0.05, 0.1) is 6.33 Å². The minimum atomic E-state index is -0.990. The van der Waals surface area contributed by atoms with E-state index in [-0.39, 0.29) is 12.5 Å². The molecule has 2 heterocycles. The maximum atomic E-state index is 10.3. The number of nitrogens with two attached hydrogens (primary N) is 1. The van der Waals surface area contributed by atoms with Gasteiger partial charge in [0, 0.05) is 0 Å². The minimum Gasteiger partial charge on any atom is -0.480 e. The number of carboxylic acids is 1. The third-order valence-electron chi connectivity index (χ3n) is 1.75. The highest BCUT2D eigenvalue weighted by atomic mass is 16.4. The lowest BCUT2D eigenvalue weighted by atomic mass is 10.5. The van der Waals surface area contributed by atoms with Crippen molar-refractivity contribution in [2.24, 2.45) is 0 Å². The normalized spacial score (nSPS) is 10.5. The lowest BCUT2D eigenvalue weighted by molar-refractivity contribution is -0.135. The zero-order chi connectivity index (χ0) is 11.5. The first-order valence-corrected chi connectivity index (χ1v) is 4.34. The monoisotopic (exact) mass is 223 g/mol. The molecule has 2 aromatic heterocycles. The summed E-state index contributed by atoms with van der Waals surface area (Å²) < 4.78 is 0. The molecule has 0 fully saturated rings. The molecular formula is C7H9N7O2. The number of anilines is 2. The Hall–Kier alpha value is -2.42. The second-order valence-corrected chi connectivity index (χ2v) is 2.90. The van der Waals surface area contributed by atoms with Gasteiger partial charge in [0.25, 0.3) is 0 Å². The van der Waals surface area contributed by atoms with E-state index >= 15 is 0 Å². The number of carbonyl (C=O) groups is 1. The number of nitrogens with one attached hydrogen (secondary N) is 3. The van der Waals surface area contributed by atoms with Crippen LogP contribution in [0, 0.1) is 0 Å². The fraction of sp³-hybridized carbons (Fsp3) is 0.143. The summed E-state index contributed by atoms with van der Waals surface area (Å²) in [5.41, 5.74) is 11.5. The van der Waals surface area contributed by atoms with Crippen LogP contribution in [0.4, 0.5) is 11.8 Å². The van der Waals surface area contributed by atoms with Gasteiger partial charge in [0.2, 0.25) is 5.95 Å². The molecule has 0 aliphatic heterocycles. The highest BCUT2D eigenvalue weighted by Crippen LogP contribution is 2.15. The van der Waals surface area contributed by atoms with Gasteiger partial charge in [-0.15, -0.1) is 0 Å². The van der Waals surface area contributed by atoms with E-state index in [9.17, 15) is 4.79 Å². The number of fused-ring (bicyclic) bond motifs is 1. The van der Waals surface area contributed by atoms with Gasteiger partial charge < -0.3 is 21.2 Å². The van der Waals surface area contributed by atoms with Crippen molar-refractivity contribution in [1.29, 1.82) is 0 Å². The Morgan fingerprint density at radius 3 is 3.12 bits per heavy atom. The number of rotatable bonds is 4. The summed E-state index contributed by atoms with van der Waals surface area (Å²) in [6, 6.07) is 0. The minimum absolute atomic E-state index is 0.0548. The third kappa shape index (κ3) is 1.98. The van der Waals surface area contributed by atoms with E-state index in [1.165, 1.54) is 6.33 Å². The molecule has 0 unspecified atom stereocenters. The molecule has 0 radical (unpaired) electrons. The highest BCUT2D eigenvalue weighted by molar-refractivity contribution is 5.83. The number of aromatic nitrogens is 4. The van der Waals surface area contributed by atoms with Crippen molar-refractivity contribution >= 4 is 28.9 Å². The predicted molar refractivity (Wildman–Crippen MR) is 55.4 cm³/mol. The first-order chi connectivity index (χ1) is 7.66. The molecule has 0 aromatic carbocycles. The summed E-state index contributed by atoms with van der Waals surface area (Å²) in [6.07, 6.45) is 1.45. The SMILES string of the molecule is Nc1nc(NNCC(=O)O)c2[nH]cnc2n1. The van der Waals surface area contributed by atoms with Crippen LogP contribution in [0.3, 0.4) is 0 Å². The molecule has 0 aliphatic rings. The number of nitrogens with zero attached hydrogens (tertiary/aromatic N) is 3. The molecule has 0 saturated carbocycles. The molecular weight excluding hydrogens is 214 g/mol. The van der Waals surface area contributed by atoms with Crippen molar-refractivity contribution in [1.82, 2.24) is 25.4 Å². The van der Waals surface area contributed by atoms with Crippen LogP contribution in [0.1, 0.15) is 0 Å². The van der Waals surface area contributed by atoms with Crippen molar-refractivity contribution in [3.8, 4) is 0 Å².